The monoisotopic (exact) mass is 378 g/mol. The number of aromatic amines is 1. The average molecular weight is 378 g/mol. The fraction of sp³-hybridized carbons (Fsp3) is 0.429. The second-order valence-corrected chi connectivity index (χ2v) is 7.27. The SMILES string of the molecule is CCn1cc(CCC(=O)N2CCC[C@@H]2c2[nH]ncc2-c2ccncc2)c(C)n1. The molecule has 0 unspecified atom stereocenters. The quantitative estimate of drug-likeness (QED) is 0.714. The van der Waals surface area contributed by atoms with Gasteiger partial charge in [-0.15, -0.1) is 0 Å². The van der Waals surface area contributed by atoms with Crippen LogP contribution in [0.1, 0.15) is 49.2 Å². The Balaban J connectivity index is 1.49. The first-order valence-corrected chi connectivity index (χ1v) is 9.93. The molecule has 1 atom stereocenters. The van der Waals surface area contributed by atoms with Gasteiger partial charge in [-0.2, -0.15) is 10.2 Å². The number of hydrogen-bond donors (Lipinski definition) is 1. The van der Waals surface area contributed by atoms with Gasteiger partial charge < -0.3 is 4.90 Å². The van der Waals surface area contributed by atoms with Crippen molar-refractivity contribution in [3.05, 3.63) is 53.9 Å². The maximum absolute atomic E-state index is 13.0. The number of aryl methyl sites for hydroxylation is 3. The van der Waals surface area contributed by atoms with Gasteiger partial charge in [0.1, 0.15) is 0 Å². The van der Waals surface area contributed by atoms with Crippen LogP contribution in [0.4, 0.5) is 0 Å². The molecule has 28 heavy (non-hydrogen) atoms. The first-order chi connectivity index (χ1) is 13.7. The average Bonchev–Trinajstić information content (AvgIpc) is 3.45. The zero-order valence-electron chi connectivity index (χ0n) is 16.4. The largest absolute Gasteiger partial charge is 0.334 e. The predicted molar refractivity (Wildman–Crippen MR) is 106 cm³/mol. The van der Waals surface area contributed by atoms with Crippen LogP contribution in [0, 0.1) is 6.92 Å². The molecule has 1 aliphatic heterocycles. The van der Waals surface area contributed by atoms with Crippen LogP contribution in [0.15, 0.2) is 36.9 Å². The number of nitrogens with one attached hydrogen (secondary N) is 1. The van der Waals surface area contributed by atoms with E-state index in [0.29, 0.717) is 6.42 Å². The van der Waals surface area contributed by atoms with E-state index < -0.39 is 0 Å². The van der Waals surface area contributed by atoms with E-state index in [1.807, 2.05) is 34.8 Å². The first kappa shape index (κ1) is 18.4. The minimum Gasteiger partial charge on any atom is -0.334 e. The van der Waals surface area contributed by atoms with E-state index in [-0.39, 0.29) is 11.9 Å². The van der Waals surface area contributed by atoms with Crippen molar-refractivity contribution in [1.29, 1.82) is 0 Å². The molecule has 146 valence electrons. The van der Waals surface area contributed by atoms with Crippen LogP contribution in [-0.4, -0.2) is 42.3 Å². The van der Waals surface area contributed by atoms with Crippen LogP contribution in [0.3, 0.4) is 0 Å². The lowest BCUT2D eigenvalue weighted by atomic mass is 10.0. The van der Waals surface area contributed by atoms with Gasteiger partial charge in [-0.25, -0.2) is 0 Å². The molecule has 1 saturated heterocycles. The maximum atomic E-state index is 13.0. The summed E-state index contributed by atoms with van der Waals surface area (Å²) in [4.78, 5) is 19.1. The van der Waals surface area contributed by atoms with Crippen LogP contribution in [0.25, 0.3) is 11.1 Å². The molecule has 0 spiro atoms. The van der Waals surface area contributed by atoms with E-state index in [1.165, 1.54) is 0 Å². The predicted octanol–water partition coefficient (Wildman–Crippen LogP) is 3.29. The summed E-state index contributed by atoms with van der Waals surface area (Å²) in [5.74, 6) is 0.196. The molecule has 4 rings (SSSR count). The third-order valence-electron chi connectivity index (χ3n) is 5.55. The van der Waals surface area contributed by atoms with E-state index in [0.717, 1.165) is 60.4 Å². The van der Waals surface area contributed by atoms with Gasteiger partial charge in [0.15, 0.2) is 0 Å². The zero-order chi connectivity index (χ0) is 19.5. The Morgan fingerprint density at radius 2 is 2.14 bits per heavy atom. The third kappa shape index (κ3) is 3.56. The number of nitrogens with zero attached hydrogens (tertiary/aromatic N) is 5. The Hall–Kier alpha value is -2.96. The third-order valence-corrected chi connectivity index (χ3v) is 5.55. The second-order valence-electron chi connectivity index (χ2n) is 7.27. The number of carbonyl (C=O) groups excluding carboxylic acids is 1. The Morgan fingerprint density at radius 1 is 1.32 bits per heavy atom. The van der Waals surface area contributed by atoms with Gasteiger partial charge in [-0.1, -0.05) is 0 Å². The summed E-state index contributed by atoms with van der Waals surface area (Å²) < 4.78 is 1.93. The molecule has 0 aliphatic carbocycles. The molecule has 1 amide bonds. The molecule has 1 aliphatic rings. The molecule has 0 aromatic carbocycles. The fourth-order valence-electron chi connectivity index (χ4n) is 4.03. The molecule has 7 nitrogen and oxygen atoms in total. The molecule has 0 radical (unpaired) electrons. The number of rotatable bonds is 6. The van der Waals surface area contributed by atoms with Crippen molar-refractivity contribution in [1.82, 2.24) is 29.9 Å². The first-order valence-electron chi connectivity index (χ1n) is 9.93. The van der Waals surface area contributed by atoms with Crippen molar-refractivity contribution < 1.29 is 4.79 Å². The zero-order valence-corrected chi connectivity index (χ0v) is 16.4. The molecule has 4 heterocycles. The number of likely N-dealkylation sites (tertiary alicyclic amines) is 1. The highest BCUT2D eigenvalue weighted by atomic mass is 16.2. The summed E-state index contributed by atoms with van der Waals surface area (Å²) in [6.07, 6.45) is 10.7. The Labute approximate surface area is 164 Å². The highest BCUT2D eigenvalue weighted by molar-refractivity contribution is 5.78. The number of hydrogen-bond acceptors (Lipinski definition) is 4. The van der Waals surface area contributed by atoms with Crippen LogP contribution >= 0.6 is 0 Å². The van der Waals surface area contributed by atoms with Gasteiger partial charge in [0, 0.05) is 43.7 Å². The number of pyridine rings is 1. The summed E-state index contributed by atoms with van der Waals surface area (Å²) in [5, 5.41) is 11.9. The van der Waals surface area contributed by atoms with Crippen molar-refractivity contribution >= 4 is 5.91 Å². The number of amides is 1. The maximum Gasteiger partial charge on any atom is 0.223 e. The minimum absolute atomic E-state index is 0.0534. The van der Waals surface area contributed by atoms with Gasteiger partial charge >= 0.3 is 0 Å². The summed E-state index contributed by atoms with van der Waals surface area (Å²) in [5.41, 5.74) is 5.31. The van der Waals surface area contributed by atoms with Gasteiger partial charge in [0.2, 0.25) is 5.91 Å². The standard InChI is InChI=1S/C21H26N6O/c1-3-26-14-17(15(2)25-26)6-7-20(28)27-12-4-5-19(27)21-18(13-23-24-21)16-8-10-22-11-9-16/h8-11,13-14,19H,3-7,12H2,1-2H3,(H,23,24)/t19-/m1/s1. The summed E-state index contributed by atoms with van der Waals surface area (Å²) in [6.45, 7) is 5.73. The number of H-pyrrole nitrogens is 1. The van der Waals surface area contributed by atoms with Gasteiger partial charge in [-0.05, 0) is 56.4 Å². The highest BCUT2D eigenvalue weighted by Crippen LogP contribution is 2.36. The molecular weight excluding hydrogens is 352 g/mol. The van der Waals surface area contributed by atoms with E-state index in [2.05, 4.69) is 33.4 Å². The Morgan fingerprint density at radius 3 is 2.89 bits per heavy atom. The molecular formula is C21H26N6O. The van der Waals surface area contributed by atoms with Crippen LogP contribution in [0.5, 0.6) is 0 Å². The van der Waals surface area contributed by atoms with Gasteiger partial charge in [0.05, 0.1) is 23.6 Å². The van der Waals surface area contributed by atoms with E-state index in [1.54, 1.807) is 12.4 Å². The normalized spacial score (nSPS) is 16.6. The summed E-state index contributed by atoms with van der Waals surface area (Å²) in [6, 6.07) is 4.01. The van der Waals surface area contributed by atoms with E-state index >= 15 is 0 Å². The van der Waals surface area contributed by atoms with E-state index in [4.69, 9.17) is 0 Å². The molecule has 1 N–H and O–H groups in total. The van der Waals surface area contributed by atoms with Gasteiger partial charge in [-0.3, -0.25) is 19.6 Å². The van der Waals surface area contributed by atoms with Crippen molar-refractivity contribution in [2.24, 2.45) is 0 Å². The highest BCUT2D eigenvalue weighted by Gasteiger charge is 2.32. The van der Waals surface area contributed by atoms with Crippen LogP contribution < -0.4 is 0 Å². The van der Waals surface area contributed by atoms with Crippen LogP contribution in [0.2, 0.25) is 0 Å². The molecule has 3 aromatic heterocycles. The Kier molecular flexibility index (Phi) is 5.23. The summed E-state index contributed by atoms with van der Waals surface area (Å²) >= 11 is 0. The second kappa shape index (κ2) is 7.96. The summed E-state index contributed by atoms with van der Waals surface area (Å²) in [7, 11) is 0. The topological polar surface area (TPSA) is 79.7 Å². The van der Waals surface area contributed by atoms with Crippen molar-refractivity contribution in [3.63, 3.8) is 0 Å². The molecule has 1 fully saturated rings. The molecule has 7 heteroatoms. The minimum atomic E-state index is 0.0534. The van der Waals surface area contributed by atoms with Gasteiger partial charge in [0.25, 0.3) is 0 Å². The van der Waals surface area contributed by atoms with Crippen molar-refractivity contribution in [2.45, 2.75) is 52.1 Å². The molecule has 0 bridgehead atoms. The molecule has 0 saturated carbocycles. The fourth-order valence-corrected chi connectivity index (χ4v) is 4.03. The lowest BCUT2D eigenvalue weighted by Crippen LogP contribution is -2.31. The van der Waals surface area contributed by atoms with Crippen LogP contribution in [-0.2, 0) is 17.8 Å². The smallest absolute Gasteiger partial charge is 0.223 e. The van der Waals surface area contributed by atoms with Crippen molar-refractivity contribution in [3.8, 4) is 11.1 Å². The number of aromatic nitrogens is 5. The van der Waals surface area contributed by atoms with E-state index in [9.17, 15) is 4.79 Å². The Bertz CT molecular complexity index is 945. The lowest BCUT2D eigenvalue weighted by molar-refractivity contribution is -0.132. The molecule has 3 aromatic rings. The number of carbonyl (C=O) groups is 1. The lowest BCUT2D eigenvalue weighted by Gasteiger charge is -2.25. The van der Waals surface area contributed by atoms with Crippen molar-refractivity contribution in [2.75, 3.05) is 6.54 Å².